The Morgan fingerprint density at radius 1 is 1.39 bits per heavy atom. The van der Waals surface area contributed by atoms with Crippen molar-refractivity contribution in [3.8, 4) is 0 Å². The lowest BCUT2D eigenvalue weighted by atomic mass is 10.1. The molecular weight excluding hydrogens is 250 g/mol. The number of primary amides is 1. The molecule has 1 heterocycles. The number of carbonyl (C=O) groups is 2. The summed E-state index contributed by atoms with van der Waals surface area (Å²) >= 11 is 1.08. The molecule has 0 aliphatic carbocycles. The van der Waals surface area contributed by atoms with Crippen LogP contribution in [0.15, 0.2) is 0 Å². The molecule has 0 saturated carbocycles. The van der Waals surface area contributed by atoms with E-state index in [2.05, 4.69) is 9.69 Å². The average Bonchev–Trinajstić information content (AvgIpc) is 2.61. The van der Waals surface area contributed by atoms with Crippen LogP contribution in [0.25, 0.3) is 0 Å². The van der Waals surface area contributed by atoms with E-state index in [1.54, 1.807) is 6.92 Å². The van der Waals surface area contributed by atoms with Crippen LogP contribution in [0.5, 0.6) is 0 Å². The van der Waals surface area contributed by atoms with Gasteiger partial charge in [0.05, 0.1) is 11.3 Å². The molecule has 0 radical (unpaired) electrons. The van der Waals surface area contributed by atoms with Crippen LogP contribution in [0.4, 0.5) is 5.00 Å². The van der Waals surface area contributed by atoms with Crippen molar-refractivity contribution >= 4 is 28.3 Å². The second-order valence-electron chi connectivity index (χ2n) is 3.98. The van der Waals surface area contributed by atoms with Crippen LogP contribution >= 0.6 is 11.5 Å². The molecule has 1 rings (SSSR count). The Balaban J connectivity index is 0.00000137. The van der Waals surface area contributed by atoms with Crippen molar-refractivity contribution in [1.29, 1.82) is 0 Å². The lowest BCUT2D eigenvalue weighted by molar-refractivity contribution is -0.116. The third-order valence-corrected chi connectivity index (χ3v) is 2.81. The lowest BCUT2D eigenvalue weighted by Crippen LogP contribution is -2.18. The molecule has 0 aliphatic rings. The van der Waals surface area contributed by atoms with Crippen LogP contribution in [0.2, 0.25) is 0 Å². The molecule has 0 saturated heterocycles. The van der Waals surface area contributed by atoms with Gasteiger partial charge in [0.1, 0.15) is 5.00 Å². The molecule has 1 aromatic heterocycles. The first-order chi connectivity index (χ1) is 8.41. The molecule has 0 fully saturated rings. The predicted molar refractivity (Wildman–Crippen MR) is 74.8 cm³/mol. The first-order valence-electron chi connectivity index (χ1n) is 5.97. The van der Waals surface area contributed by atoms with Gasteiger partial charge in [-0.3, -0.25) is 9.59 Å². The van der Waals surface area contributed by atoms with Gasteiger partial charge >= 0.3 is 0 Å². The second-order valence-corrected chi connectivity index (χ2v) is 4.76. The zero-order valence-corrected chi connectivity index (χ0v) is 12.4. The van der Waals surface area contributed by atoms with Crippen molar-refractivity contribution in [3.63, 3.8) is 0 Å². The van der Waals surface area contributed by atoms with Crippen LogP contribution in [-0.4, -0.2) is 16.2 Å². The summed E-state index contributed by atoms with van der Waals surface area (Å²) in [4.78, 5) is 22.7. The molecule has 0 bridgehead atoms. The number of nitrogens with two attached hydrogens (primary N) is 1. The number of aromatic nitrogens is 1. The number of hydrogen-bond donors (Lipinski definition) is 2. The van der Waals surface area contributed by atoms with E-state index >= 15 is 0 Å². The van der Waals surface area contributed by atoms with E-state index in [1.165, 1.54) is 0 Å². The molecule has 0 atom stereocenters. The van der Waals surface area contributed by atoms with Crippen LogP contribution in [0.1, 0.15) is 50.2 Å². The third-order valence-electron chi connectivity index (χ3n) is 1.96. The summed E-state index contributed by atoms with van der Waals surface area (Å²) in [6.45, 7) is 9.59. The summed E-state index contributed by atoms with van der Waals surface area (Å²) in [5, 5.41) is 3.10. The van der Waals surface area contributed by atoms with Crippen LogP contribution < -0.4 is 11.1 Å². The van der Waals surface area contributed by atoms with Gasteiger partial charge in [0.2, 0.25) is 5.91 Å². The molecule has 0 aromatic carbocycles. The Bertz CT molecular complexity index is 413. The molecule has 3 N–H and O–H groups in total. The topological polar surface area (TPSA) is 85.1 Å². The number of nitrogens with zero attached hydrogens (tertiary/aromatic N) is 1. The minimum absolute atomic E-state index is 0.124. The van der Waals surface area contributed by atoms with E-state index in [-0.39, 0.29) is 11.8 Å². The van der Waals surface area contributed by atoms with Gasteiger partial charge in [-0.25, -0.2) is 0 Å². The zero-order chi connectivity index (χ0) is 14.3. The summed E-state index contributed by atoms with van der Waals surface area (Å²) in [6.07, 6.45) is 0.412. The molecule has 6 heteroatoms. The van der Waals surface area contributed by atoms with Gasteiger partial charge in [-0.05, 0) is 24.4 Å². The van der Waals surface area contributed by atoms with Gasteiger partial charge in [-0.2, -0.15) is 4.37 Å². The Labute approximate surface area is 112 Å². The van der Waals surface area contributed by atoms with Crippen molar-refractivity contribution in [1.82, 2.24) is 4.37 Å². The summed E-state index contributed by atoms with van der Waals surface area (Å²) in [5.41, 5.74) is 6.07. The maximum Gasteiger partial charge on any atom is 0.253 e. The van der Waals surface area contributed by atoms with Crippen molar-refractivity contribution in [2.24, 2.45) is 11.7 Å². The fraction of sp³-hybridized carbons (Fsp3) is 0.583. The SMILES string of the molecule is CC.Cc1nsc(NC(=O)CC(C)C)c1C(N)=O. The highest BCUT2D eigenvalue weighted by Gasteiger charge is 2.17. The molecule has 0 unspecified atom stereocenters. The van der Waals surface area contributed by atoms with Crippen LogP contribution in [-0.2, 0) is 4.79 Å². The number of anilines is 1. The summed E-state index contributed by atoms with van der Waals surface area (Å²) in [6, 6.07) is 0. The van der Waals surface area contributed by atoms with Gasteiger partial charge in [0, 0.05) is 6.42 Å². The molecule has 1 aromatic rings. The molecular formula is C12H21N3O2S. The maximum atomic E-state index is 11.5. The Morgan fingerprint density at radius 2 is 1.94 bits per heavy atom. The number of amides is 2. The van der Waals surface area contributed by atoms with E-state index < -0.39 is 5.91 Å². The highest BCUT2D eigenvalue weighted by atomic mass is 32.1. The number of aryl methyl sites for hydroxylation is 1. The fourth-order valence-corrected chi connectivity index (χ4v) is 2.11. The number of carbonyl (C=O) groups excluding carboxylic acids is 2. The largest absolute Gasteiger partial charge is 0.365 e. The predicted octanol–water partition coefficient (Wildman–Crippen LogP) is 2.56. The molecule has 0 spiro atoms. The summed E-state index contributed by atoms with van der Waals surface area (Å²) in [7, 11) is 0. The highest BCUT2D eigenvalue weighted by Crippen LogP contribution is 2.24. The average molecular weight is 271 g/mol. The van der Waals surface area contributed by atoms with Crippen LogP contribution in [0.3, 0.4) is 0 Å². The smallest absolute Gasteiger partial charge is 0.253 e. The van der Waals surface area contributed by atoms with Crippen molar-refractivity contribution in [2.75, 3.05) is 5.32 Å². The number of nitrogens with one attached hydrogen (secondary N) is 1. The van der Waals surface area contributed by atoms with Crippen molar-refractivity contribution in [3.05, 3.63) is 11.3 Å². The first-order valence-corrected chi connectivity index (χ1v) is 6.75. The van der Waals surface area contributed by atoms with Gasteiger partial charge < -0.3 is 11.1 Å². The highest BCUT2D eigenvalue weighted by molar-refractivity contribution is 7.11. The lowest BCUT2D eigenvalue weighted by Gasteiger charge is -2.05. The van der Waals surface area contributed by atoms with Crippen LogP contribution in [0, 0.1) is 12.8 Å². The summed E-state index contributed by atoms with van der Waals surface area (Å²) in [5.74, 6) is -0.418. The second kappa shape index (κ2) is 7.81. The summed E-state index contributed by atoms with van der Waals surface area (Å²) < 4.78 is 4.00. The molecule has 18 heavy (non-hydrogen) atoms. The van der Waals surface area contributed by atoms with Gasteiger partial charge in [-0.15, -0.1) is 0 Å². The Morgan fingerprint density at radius 3 is 2.39 bits per heavy atom. The molecule has 5 nitrogen and oxygen atoms in total. The number of rotatable bonds is 4. The third kappa shape index (κ3) is 4.83. The minimum Gasteiger partial charge on any atom is -0.365 e. The normalized spacial score (nSPS) is 9.67. The maximum absolute atomic E-state index is 11.5. The Hall–Kier alpha value is -1.43. The monoisotopic (exact) mass is 271 g/mol. The molecule has 0 aliphatic heterocycles. The van der Waals surface area contributed by atoms with Gasteiger partial charge in [0.25, 0.3) is 5.91 Å². The minimum atomic E-state index is -0.564. The fourth-order valence-electron chi connectivity index (χ4n) is 1.29. The standard InChI is InChI=1S/C10H15N3O2S.C2H6/c1-5(2)4-7(14)12-10-8(9(11)15)6(3)13-16-10;1-2/h5H,4H2,1-3H3,(H2,11,15)(H,12,14);1-2H3. The van der Waals surface area contributed by atoms with Crippen molar-refractivity contribution < 1.29 is 9.59 Å². The van der Waals surface area contributed by atoms with E-state index in [0.29, 0.717) is 22.7 Å². The van der Waals surface area contributed by atoms with E-state index in [4.69, 9.17) is 5.73 Å². The molecule has 102 valence electrons. The molecule has 2 amide bonds. The van der Waals surface area contributed by atoms with E-state index in [1.807, 2.05) is 27.7 Å². The van der Waals surface area contributed by atoms with E-state index in [9.17, 15) is 9.59 Å². The quantitative estimate of drug-likeness (QED) is 0.882. The first kappa shape index (κ1) is 16.6. The zero-order valence-electron chi connectivity index (χ0n) is 11.5. The van der Waals surface area contributed by atoms with Gasteiger partial charge in [-0.1, -0.05) is 27.7 Å². The van der Waals surface area contributed by atoms with Gasteiger partial charge in [0.15, 0.2) is 0 Å². The number of hydrogen-bond acceptors (Lipinski definition) is 4. The Kier molecular flexibility index (Phi) is 7.19. The van der Waals surface area contributed by atoms with Crippen molar-refractivity contribution in [2.45, 2.75) is 41.0 Å². The van der Waals surface area contributed by atoms with E-state index in [0.717, 1.165) is 11.5 Å².